The van der Waals surface area contributed by atoms with Crippen molar-refractivity contribution in [2.45, 2.75) is 12.8 Å². The number of thiophene rings is 1. The second kappa shape index (κ2) is 8.20. The Morgan fingerprint density at radius 2 is 2.04 bits per heavy atom. The molecule has 3 aromatic rings. The first-order valence-electron chi connectivity index (χ1n) is 8.17. The third-order valence-electron chi connectivity index (χ3n) is 3.83. The molecular weight excluding hydrogens is 376 g/mol. The Morgan fingerprint density at radius 3 is 2.73 bits per heavy atom. The molecule has 0 fully saturated rings. The maximum Gasteiger partial charge on any atom is 0.234 e. The van der Waals surface area contributed by atoms with Crippen LogP contribution in [-0.2, 0) is 11.2 Å². The van der Waals surface area contributed by atoms with Crippen molar-refractivity contribution < 1.29 is 13.6 Å². The van der Waals surface area contributed by atoms with Gasteiger partial charge in [-0.1, -0.05) is 17.4 Å². The lowest BCUT2D eigenvalue weighted by atomic mass is 10.3. The fourth-order valence-corrected chi connectivity index (χ4v) is 4.33. The summed E-state index contributed by atoms with van der Waals surface area (Å²) >= 11 is 2.66. The van der Waals surface area contributed by atoms with E-state index < -0.39 is 11.6 Å². The average molecular weight is 396 g/mol. The first-order chi connectivity index (χ1) is 12.4. The second-order valence-corrected chi connectivity index (χ2v) is 8.23. The molecule has 2 heterocycles. The first-order valence-corrected chi connectivity index (χ1v) is 9.86. The molecule has 0 aliphatic rings. The lowest BCUT2D eigenvalue weighted by Gasteiger charge is -2.20. The van der Waals surface area contributed by atoms with Crippen LogP contribution in [0.1, 0.15) is 11.3 Å². The molecule has 0 saturated carbocycles. The lowest BCUT2D eigenvalue weighted by Crippen LogP contribution is -2.34. The van der Waals surface area contributed by atoms with Crippen LogP contribution in [0, 0.1) is 11.6 Å². The van der Waals surface area contributed by atoms with Crippen molar-refractivity contribution in [2.75, 3.05) is 32.1 Å². The Labute approximate surface area is 158 Å². The topological polar surface area (TPSA) is 36.4 Å². The summed E-state index contributed by atoms with van der Waals surface area (Å²) in [6.07, 6.45) is 1.03. The van der Waals surface area contributed by atoms with Crippen molar-refractivity contribution in [1.29, 1.82) is 0 Å². The first kappa shape index (κ1) is 18.9. The van der Waals surface area contributed by atoms with Crippen LogP contribution in [0.5, 0.6) is 0 Å². The van der Waals surface area contributed by atoms with Crippen LogP contribution in [0.2, 0.25) is 0 Å². The standard InChI is InChI=1S/C18H19F2N3OS2/c1-22(2)6-4-7-23(16(24)11-13-5-3-8-25-13)18-21-17-14(20)9-12(19)10-15(17)26-18/h3,5,8-10H,4,6-7,11H2,1-2H3. The zero-order valence-electron chi connectivity index (χ0n) is 14.5. The number of thiazole rings is 1. The zero-order valence-corrected chi connectivity index (χ0v) is 16.2. The van der Waals surface area contributed by atoms with Gasteiger partial charge in [0.25, 0.3) is 0 Å². The summed E-state index contributed by atoms with van der Waals surface area (Å²) < 4.78 is 27.8. The SMILES string of the molecule is CN(C)CCCN(C(=O)Cc1cccs1)c1nc2c(F)cc(F)cc2s1. The summed E-state index contributed by atoms with van der Waals surface area (Å²) in [5, 5.41) is 2.33. The van der Waals surface area contributed by atoms with Gasteiger partial charge in [0.15, 0.2) is 10.9 Å². The molecule has 138 valence electrons. The minimum absolute atomic E-state index is 0.0915. The predicted molar refractivity (Wildman–Crippen MR) is 103 cm³/mol. The highest BCUT2D eigenvalue weighted by molar-refractivity contribution is 7.22. The Bertz CT molecular complexity index is 893. The Hall–Kier alpha value is -1.90. The fourth-order valence-electron chi connectivity index (χ4n) is 2.59. The number of nitrogens with zero attached hydrogens (tertiary/aromatic N) is 3. The predicted octanol–water partition coefficient (Wildman–Crippen LogP) is 4.16. The molecule has 2 aromatic heterocycles. The van der Waals surface area contributed by atoms with Crippen molar-refractivity contribution in [1.82, 2.24) is 9.88 Å². The van der Waals surface area contributed by atoms with E-state index in [1.807, 2.05) is 36.5 Å². The summed E-state index contributed by atoms with van der Waals surface area (Å²) in [5.74, 6) is -1.44. The van der Waals surface area contributed by atoms with E-state index in [-0.39, 0.29) is 17.8 Å². The quantitative estimate of drug-likeness (QED) is 0.603. The molecule has 0 unspecified atom stereocenters. The van der Waals surface area contributed by atoms with E-state index in [2.05, 4.69) is 4.98 Å². The van der Waals surface area contributed by atoms with Gasteiger partial charge in [0.05, 0.1) is 11.1 Å². The molecule has 0 radical (unpaired) electrons. The number of rotatable bonds is 7. The molecule has 0 N–H and O–H groups in total. The van der Waals surface area contributed by atoms with Crippen molar-refractivity contribution >= 4 is 43.9 Å². The maximum atomic E-state index is 14.0. The lowest BCUT2D eigenvalue weighted by molar-refractivity contribution is -0.118. The van der Waals surface area contributed by atoms with Gasteiger partial charge < -0.3 is 4.90 Å². The van der Waals surface area contributed by atoms with Crippen LogP contribution in [0.3, 0.4) is 0 Å². The Kier molecular flexibility index (Phi) is 5.95. The molecule has 3 rings (SSSR count). The van der Waals surface area contributed by atoms with Crippen molar-refractivity contribution in [3.63, 3.8) is 0 Å². The molecule has 4 nitrogen and oxygen atoms in total. The van der Waals surface area contributed by atoms with E-state index in [0.29, 0.717) is 16.4 Å². The summed E-state index contributed by atoms with van der Waals surface area (Å²) in [6.45, 7) is 1.29. The van der Waals surface area contributed by atoms with Gasteiger partial charge in [0, 0.05) is 17.5 Å². The summed E-state index contributed by atoms with van der Waals surface area (Å²) in [5.41, 5.74) is 0.105. The van der Waals surface area contributed by atoms with Gasteiger partial charge in [-0.25, -0.2) is 13.8 Å². The van der Waals surface area contributed by atoms with Crippen LogP contribution in [-0.4, -0.2) is 43.0 Å². The average Bonchev–Trinajstić information content (AvgIpc) is 3.20. The number of benzene rings is 1. The number of hydrogen-bond donors (Lipinski definition) is 0. The van der Waals surface area contributed by atoms with Crippen LogP contribution >= 0.6 is 22.7 Å². The number of halogens is 2. The fraction of sp³-hybridized carbons (Fsp3) is 0.333. The smallest absolute Gasteiger partial charge is 0.234 e. The molecule has 1 amide bonds. The summed E-state index contributed by atoms with van der Waals surface area (Å²) in [7, 11) is 3.93. The van der Waals surface area contributed by atoms with Gasteiger partial charge in [0.1, 0.15) is 11.3 Å². The van der Waals surface area contributed by atoms with Gasteiger partial charge in [-0.2, -0.15) is 0 Å². The highest BCUT2D eigenvalue weighted by Gasteiger charge is 2.21. The molecule has 0 saturated heterocycles. The van der Waals surface area contributed by atoms with E-state index >= 15 is 0 Å². The number of hydrogen-bond acceptors (Lipinski definition) is 5. The molecule has 26 heavy (non-hydrogen) atoms. The molecule has 0 atom stereocenters. The van der Waals surface area contributed by atoms with Gasteiger partial charge in [0.2, 0.25) is 5.91 Å². The third kappa shape index (κ3) is 4.44. The van der Waals surface area contributed by atoms with E-state index in [1.165, 1.54) is 17.4 Å². The number of aromatic nitrogens is 1. The largest absolute Gasteiger partial charge is 0.309 e. The Balaban J connectivity index is 1.88. The number of fused-ring (bicyclic) bond motifs is 1. The second-order valence-electron chi connectivity index (χ2n) is 6.19. The van der Waals surface area contributed by atoms with E-state index in [0.717, 1.165) is 35.2 Å². The van der Waals surface area contributed by atoms with Gasteiger partial charge >= 0.3 is 0 Å². The molecule has 0 spiro atoms. The number of carbonyl (C=O) groups excluding carboxylic acids is 1. The monoisotopic (exact) mass is 395 g/mol. The highest BCUT2D eigenvalue weighted by atomic mass is 32.1. The number of amides is 1. The van der Waals surface area contributed by atoms with E-state index in [9.17, 15) is 13.6 Å². The molecule has 0 bridgehead atoms. The van der Waals surface area contributed by atoms with Gasteiger partial charge in [-0.3, -0.25) is 9.69 Å². The summed E-state index contributed by atoms with van der Waals surface area (Å²) in [4.78, 5) is 21.7. The molecule has 1 aromatic carbocycles. The molecule has 8 heteroatoms. The van der Waals surface area contributed by atoms with E-state index in [1.54, 1.807) is 4.90 Å². The zero-order chi connectivity index (χ0) is 18.7. The van der Waals surface area contributed by atoms with Crippen LogP contribution in [0.15, 0.2) is 29.6 Å². The van der Waals surface area contributed by atoms with Gasteiger partial charge in [-0.05, 0) is 44.6 Å². The normalized spacial score (nSPS) is 11.4. The van der Waals surface area contributed by atoms with Crippen molar-refractivity contribution in [3.8, 4) is 0 Å². The van der Waals surface area contributed by atoms with Gasteiger partial charge in [-0.15, -0.1) is 11.3 Å². The summed E-state index contributed by atoms with van der Waals surface area (Å²) in [6, 6.07) is 5.88. The third-order valence-corrected chi connectivity index (χ3v) is 5.73. The molecular formula is C18H19F2N3OS2. The minimum atomic E-state index is -0.707. The van der Waals surface area contributed by atoms with Crippen molar-refractivity contribution in [2.24, 2.45) is 0 Å². The van der Waals surface area contributed by atoms with Crippen LogP contribution in [0.25, 0.3) is 10.2 Å². The Morgan fingerprint density at radius 1 is 1.23 bits per heavy atom. The van der Waals surface area contributed by atoms with E-state index in [4.69, 9.17) is 0 Å². The van der Waals surface area contributed by atoms with Crippen LogP contribution < -0.4 is 4.90 Å². The molecule has 0 aliphatic heterocycles. The minimum Gasteiger partial charge on any atom is -0.309 e. The van der Waals surface area contributed by atoms with Crippen molar-refractivity contribution in [3.05, 3.63) is 46.2 Å². The number of anilines is 1. The maximum absolute atomic E-state index is 14.0. The van der Waals surface area contributed by atoms with Crippen LogP contribution in [0.4, 0.5) is 13.9 Å². The number of carbonyl (C=O) groups is 1. The molecule has 0 aliphatic carbocycles. The highest BCUT2D eigenvalue weighted by Crippen LogP contribution is 2.31.